The van der Waals surface area contributed by atoms with Crippen LogP contribution in [0.4, 0.5) is 0 Å². The molecule has 2 aromatic carbocycles. The van der Waals surface area contributed by atoms with Gasteiger partial charge in [-0.2, -0.15) is 0 Å². The van der Waals surface area contributed by atoms with E-state index in [1.165, 1.54) is 42.6 Å². The third-order valence-electron chi connectivity index (χ3n) is 5.44. The lowest BCUT2D eigenvalue weighted by Crippen LogP contribution is -2.37. The number of carbonyl (C=O) groups is 1. The standard InChI is InChI=1S/C24H32N2O2/c1-3-19-11-13-22(14-12-19)28-23(4-2)24(27)25-17-20-9-5-6-10-21(20)18-26-15-7-8-16-26/h5-6,9-14,23H,3-4,7-8,15-18H2,1-2H3,(H,25,27). The monoisotopic (exact) mass is 380 g/mol. The van der Waals surface area contributed by atoms with Gasteiger partial charge in [-0.15, -0.1) is 0 Å². The molecular weight excluding hydrogens is 348 g/mol. The van der Waals surface area contributed by atoms with Gasteiger partial charge in [0.2, 0.25) is 0 Å². The molecular formula is C24H32N2O2. The van der Waals surface area contributed by atoms with Crippen LogP contribution in [-0.4, -0.2) is 30.0 Å². The van der Waals surface area contributed by atoms with Gasteiger partial charge >= 0.3 is 0 Å². The number of amides is 1. The van der Waals surface area contributed by atoms with Gasteiger partial charge in [0.25, 0.3) is 5.91 Å². The molecule has 1 heterocycles. The van der Waals surface area contributed by atoms with Gasteiger partial charge in [-0.05, 0) is 67.6 Å². The highest BCUT2D eigenvalue weighted by atomic mass is 16.5. The minimum atomic E-state index is -0.474. The van der Waals surface area contributed by atoms with E-state index in [1.807, 2.05) is 25.1 Å². The fraction of sp³-hybridized carbons (Fsp3) is 0.458. The van der Waals surface area contributed by atoms with Crippen molar-refractivity contribution in [3.63, 3.8) is 0 Å². The van der Waals surface area contributed by atoms with Crippen molar-refractivity contribution in [1.29, 1.82) is 0 Å². The lowest BCUT2D eigenvalue weighted by Gasteiger charge is -2.20. The Hall–Kier alpha value is -2.33. The van der Waals surface area contributed by atoms with Gasteiger partial charge in [-0.3, -0.25) is 9.69 Å². The number of hydrogen-bond acceptors (Lipinski definition) is 3. The van der Waals surface area contributed by atoms with Gasteiger partial charge in [0, 0.05) is 13.1 Å². The summed E-state index contributed by atoms with van der Waals surface area (Å²) in [5.41, 5.74) is 3.75. The second-order valence-corrected chi connectivity index (χ2v) is 7.48. The first-order valence-corrected chi connectivity index (χ1v) is 10.5. The second kappa shape index (κ2) is 10.3. The summed E-state index contributed by atoms with van der Waals surface area (Å²) in [5.74, 6) is 0.687. The molecule has 0 saturated carbocycles. The topological polar surface area (TPSA) is 41.6 Å². The van der Waals surface area contributed by atoms with E-state index in [2.05, 4.69) is 47.5 Å². The Morgan fingerprint density at radius 1 is 1.04 bits per heavy atom. The smallest absolute Gasteiger partial charge is 0.261 e. The quantitative estimate of drug-likeness (QED) is 0.704. The Morgan fingerprint density at radius 2 is 1.71 bits per heavy atom. The van der Waals surface area contributed by atoms with Crippen LogP contribution in [0.1, 0.15) is 49.8 Å². The Bertz CT molecular complexity index is 751. The van der Waals surface area contributed by atoms with E-state index < -0.39 is 6.10 Å². The molecule has 1 atom stereocenters. The van der Waals surface area contributed by atoms with Gasteiger partial charge in [-0.1, -0.05) is 50.2 Å². The van der Waals surface area contributed by atoms with Gasteiger partial charge in [0.1, 0.15) is 5.75 Å². The molecule has 1 N–H and O–H groups in total. The van der Waals surface area contributed by atoms with E-state index in [4.69, 9.17) is 4.74 Å². The van der Waals surface area contributed by atoms with Crippen LogP contribution >= 0.6 is 0 Å². The maximum absolute atomic E-state index is 12.7. The van der Waals surface area contributed by atoms with Crippen LogP contribution in [0.15, 0.2) is 48.5 Å². The molecule has 1 fully saturated rings. The zero-order valence-electron chi connectivity index (χ0n) is 17.1. The molecule has 0 bridgehead atoms. The van der Waals surface area contributed by atoms with Crippen molar-refractivity contribution in [2.75, 3.05) is 13.1 Å². The van der Waals surface area contributed by atoms with Crippen LogP contribution in [0.3, 0.4) is 0 Å². The van der Waals surface area contributed by atoms with Crippen molar-refractivity contribution < 1.29 is 9.53 Å². The summed E-state index contributed by atoms with van der Waals surface area (Å²) in [6.45, 7) is 7.94. The van der Waals surface area contributed by atoms with Crippen molar-refractivity contribution in [2.45, 2.75) is 58.7 Å². The number of nitrogens with zero attached hydrogens (tertiary/aromatic N) is 1. The molecule has 1 amide bonds. The molecule has 1 saturated heterocycles. The minimum absolute atomic E-state index is 0.0574. The van der Waals surface area contributed by atoms with Crippen molar-refractivity contribution in [3.8, 4) is 5.75 Å². The highest BCUT2D eigenvalue weighted by molar-refractivity contribution is 5.81. The number of carbonyl (C=O) groups excluding carboxylic acids is 1. The zero-order valence-corrected chi connectivity index (χ0v) is 17.1. The molecule has 1 aliphatic rings. The molecule has 0 spiro atoms. The molecule has 150 valence electrons. The van der Waals surface area contributed by atoms with E-state index in [-0.39, 0.29) is 5.91 Å². The fourth-order valence-electron chi connectivity index (χ4n) is 3.65. The van der Waals surface area contributed by atoms with Crippen LogP contribution in [0, 0.1) is 0 Å². The van der Waals surface area contributed by atoms with Crippen LogP contribution < -0.4 is 10.1 Å². The fourth-order valence-corrected chi connectivity index (χ4v) is 3.65. The van der Waals surface area contributed by atoms with E-state index in [1.54, 1.807) is 0 Å². The molecule has 1 aliphatic heterocycles. The summed E-state index contributed by atoms with van der Waals surface area (Å²) in [4.78, 5) is 15.2. The van der Waals surface area contributed by atoms with E-state index in [0.717, 1.165) is 18.7 Å². The first-order valence-electron chi connectivity index (χ1n) is 10.5. The summed E-state index contributed by atoms with van der Waals surface area (Å²) in [7, 11) is 0. The lowest BCUT2D eigenvalue weighted by atomic mass is 10.1. The van der Waals surface area contributed by atoms with Crippen molar-refractivity contribution in [1.82, 2.24) is 10.2 Å². The zero-order chi connectivity index (χ0) is 19.8. The first kappa shape index (κ1) is 20.4. The summed E-state index contributed by atoms with van der Waals surface area (Å²) in [5, 5.41) is 3.08. The van der Waals surface area contributed by atoms with Crippen LogP contribution in [0.25, 0.3) is 0 Å². The molecule has 1 unspecified atom stereocenters. The van der Waals surface area contributed by atoms with E-state index in [9.17, 15) is 4.79 Å². The highest BCUT2D eigenvalue weighted by Crippen LogP contribution is 2.17. The molecule has 28 heavy (non-hydrogen) atoms. The maximum Gasteiger partial charge on any atom is 0.261 e. The number of likely N-dealkylation sites (tertiary alicyclic amines) is 1. The Balaban J connectivity index is 1.57. The third-order valence-corrected chi connectivity index (χ3v) is 5.44. The molecule has 0 aliphatic carbocycles. The molecule has 3 rings (SSSR count). The van der Waals surface area contributed by atoms with E-state index >= 15 is 0 Å². The van der Waals surface area contributed by atoms with Crippen LogP contribution in [0.5, 0.6) is 5.75 Å². The van der Waals surface area contributed by atoms with Crippen LogP contribution in [0.2, 0.25) is 0 Å². The van der Waals surface area contributed by atoms with Gasteiger partial charge < -0.3 is 10.1 Å². The van der Waals surface area contributed by atoms with Crippen LogP contribution in [-0.2, 0) is 24.3 Å². The largest absolute Gasteiger partial charge is 0.481 e. The predicted octanol–water partition coefficient (Wildman–Crippen LogP) is 4.32. The molecule has 4 heteroatoms. The SMILES string of the molecule is CCc1ccc(OC(CC)C(=O)NCc2ccccc2CN2CCCC2)cc1. The molecule has 2 aromatic rings. The third kappa shape index (κ3) is 5.59. The van der Waals surface area contributed by atoms with Gasteiger partial charge in [0.05, 0.1) is 0 Å². The minimum Gasteiger partial charge on any atom is -0.481 e. The number of rotatable bonds is 9. The number of nitrogens with one attached hydrogen (secondary N) is 1. The summed E-state index contributed by atoms with van der Waals surface area (Å²) in [6, 6.07) is 16.4. The molecule has 0 radical (unpaired) electrons. The first-order chi connectivity index (χ1) is 13.7. The average molecular weight is 381 g/mol. The maximum atomic E-state index is 12.7. The Labute approximate surface area is 168 Å². The van der Waals surface area contributed by atoms with Gasteiger partial charge in [0.15, 0.2) is 6.10 Å². The van der Waals surface area contributed by atoms with Crippen molar-refractivity contribution in [2.24, 2.45) is 0 Å². The summed E-state index contributed by atoms with van der Waals surface area (Å²) < 4.78 is 5.93. The van der Waals surface area contributed by atoms with E-state index in [0.29, 0.717) is 13.0 Å². The predicted molar refractivity (Wildman–Crippen MR) is 113 cm³/mol. The Morgan fingerprint density at radius 3 is 2.36 bits per heavy atom. The second-order valence-electron chi connectivity index (χ2n) is 7.48. The average Bonchev–Trinajstić information content (AvgIpc) is 3.24. The number of benzene rings is 2. The van der Waals surface area contributed by atoms with Crippen molar-refractivity contribution in [3.05, 3.63) is 65.2 Å². The molecule has 4 nitrogen and oxygen atoms in total. The van der Waals surface area contributed by atoms with Gasteiger partial charge in [-0.25, -0.2) is 0 Å². The Kier molecular flexibility index (Phi) is 7.49. The molecule has 0 aromatic heterocycles. The summed E-state index contributed by atoms with van der Waals surface area (Å²) >= 11 is 0. The highest BCUT2D eigenvalue weighted by Gasteiger charge is 2.19. The lowest BCUT2D eigenvalue weighted by molar-refractivity contribution is -0.128. The number of aryl methyl sites for hydroxylation is 1. The normalized spacial score (nSPS) is 15.4. The van der Waals surface area contributed by atoms with Crippen molar-refractivity contribution >= 4 is 5.91 Å². The summed E-state index contributed by atoms with van der Waals surface area (Å²) in [6.07, 6.45) is 3.73. The number of hydrogen-bond donors (Lipinski definition) is 1. The number of ether oxygens (including phenoxy) is 1.